The fourth-order valence-corrected chi connectivity index (χ4v) is 1.96. The van der Waals surface area contributed by atoms with Gasteiger partial charge in [0.05, 0.1) is 4.47 Å². The minimum atomic E-state index is -0.542. The van der Waals surface area contributed by atoms with Crippen molar-refractivity contribution in [3.05, 3.63) is 63.6 Å². The van der Waals surface area contributed by atoms with E-state index in [-0.39, 0.29) is 23.7 Å². The van der Waals surface area contributed by atoms with Crippen molar-refractivity contribution in [1.29, 1.82) is 0 Å². The van der Waals surface area contributed by atoms with Gasteiger partial charge in [0.15, 0.2) is 0 Å². The number of aldehydes is 1. The maximum absolute atomic E-state index is 13.2. The standard InChI is InChI=1S/C14H9BrF2O2/c15-13-5-9(1-2-14(13)17)8-19-12-4-10(7-18)3-11(16)6-12/h1-7H,8H2. The molecule has 0 heterocycles. The smallest absolute Gasteiger partial charge is 0.150 e. The molecule has 0 fully saturated rings. The summed E-state index contributed by atoms with van der Waals surface area (Å²) in [5.41, 5.74) is 0.931. The third-order valence-electron chi connectivity index (χ3n) is 2.42. The van der Waals surface area contributed by atoms with Crippen molar-refractivity contribution in [3.63, 3.8) is 0 Å². The van der Waals surface area contributed by atoms with Crippen LogP contribution in [0.1, 0.15) is 15.9 Å². The molecule has 2 nitrogen and oxygen atoms in total. The molecule has 0 N–H and O–H groups in total. The molecule has 0 atom stereocenters. The van der Waals surface area contributed by atoms with Crippen molar-refractivity contribution in [2.24, 2.45) is 0 Å². The molecule has 0 aliphatic heterocycles. The fourth-order valence-electron chi connectivity index (χ4n) is 1.53. The van der Waals surface area contributed by atoms with Gasteiger partial charge >= 0.3 is 0 Å². The topological polar surface area (TPSA) is 26.3 Å². The molecule has 98 valence electrons. The maximum atomic E-state index is 13.2. The zero-order valence-corrected chi connectivity index (χ0v) is 11.3. The minimum absolute atomic E-state index is 0.153. The Morgan fingerprint density at radius 1 is 1.16 bits per heavy atom. The van der Waals surface area contributed by atoms with Crippen molar-refractivity contribution in [2.45, 2.75) is 6.61 Å². The first-order chi connectivity index (χ1) is 9.08. The third kappa shape index (κ3) is 3.61. The van der Waals surface area contributed by atoms with Gasteiger partial charge < -0.3 is 4.74 Å². The highest BCUT2D eigenvalue weighted by Gasteiger charge is 2.04. The molecule has 2 aromatic carbocycles. The molecule has 0 bridgehead atoms. The van der Waals surface area contributed by atoms with Gasteiger partial charge in [-0.2, -0.15) is 0 Å². The normalized spacial score (nSPS) is 10.3. The third-order valence-corrected chi connectivity index (χ3v) is 3.03. The number of ether oxygens (including phenoxy) is 1. The summed E-state index contributed by atoms with van der Waals surface area (Å²) in [5, 5.41) is 0. The highest BCUT2D eigenvalue weighted by atomic mass is 79.9. The SMILES string of the molecule is O=Cc1cc(F)cc(OCc2ccc(F)c(Br)c2)c1. The summed E-state index contributed by atoms with van der Waals surface area (Å²) in [6.07, 6.45) is 0.546. The summed E-state index contributed by atoms with van der Waals surface area (Å²) < 4.78 is 31.9. The highest BCUT2D eigenvalue weighted by molar-refractivity contribution is 9.10. The zero-order chi connectivity index (χ0) is 13.8. The molecule has 2 aromatic rings. The van der Waals surface area contributed by atoms with Crippen LogP contribution in [0.2, 0.25) is 0 Å². The lowest BCUT2D eigenvalue weighted by Crippen LogP contribution is -1.97. The Kier molecular flexibility index (Phi) is 4.27. The minimum Gasteiger partial charge on any atom is -0.489 e. The van der Waals surface area contributed by atoms with Crippen LogP contribution in [0, 0.1) is 11.6 Å². The summed E-state index contributed by atoms with van der Waals surface area (Å²) in [6.45, 7) is 0.153. The van der Waals surface area contributed by atoms with E-state index in [2.05, 4.69) is 15.9 Å². The molecule has 5 heteroatoms. The molecule has 0 spiro atoms. The molecule has 0 amide bonds. The van der Waals surface area contributed by atoms with E-state index in [0.29, 0.717) is 10.8 Å². The van der Waals surface area contributed by atoms with Crippen LogP contribution in [0.3, 0.4) is 0 Å². The molecular formula is C14H9BrF2O2. The number of rotatable bonds is 4. The molecular weight excluding hydrogens is 318 g/mol. The molecule has 0 aliphatic rings. The highest BCUT2D eigenvalue weighted by Crippen LogP contribution is 2.20. The van der Waals surface area contributed by atoms with E-state index in [1.54, 1.807) is 12.1 Å². The van der Waals surface area contributed by atoms with E-state index in [9.17, 15) is 13.6 Å². The number of halogens is 3. The average molecular weight is 327 g/mol. The molecule has 0 saturated heterocycles. The molecule has 0 radical (unpaired) electrons. The van der Waals surface area contributed by atoms with E-state index >= 15 is 0 Å². The predicted molar refractivity (Wildman–Crippen MR) is 70.2 cm³/mol. The van der Waals surface area contributed by atoms with Crippen LogP contribution < -0.4 is 4.74 Å². The second kappa shape index (κ2) is 5.93. The zero-order valence-electron chi connectivity index (χ0n) is 9.70. The van der Waals surface area contributed by atoms with E-state index in [1.165, 1.54) is 18.2 Å². The number of carbonyl (C=O) groups is 1. The summed E-state index contributed by atoms with van der Waals surface area (Å²) in [6, 6.07) is 8.20. The van der Waals surface area contributed by atoms with E-state index in [1.807, 2.05) is 0 Å². The Balaban J connectivity index is 2.11. The van der Waals surface area contributed by atoms with Gasteiger partial charge in [-0.15, -0.1) is 0 Å². The van der Waals surface area contributed by atoms with Crippen LogP contribution >= 0.6 is 15.9 Å². The first-order valence-corrected chi connectivity index (χ1v) is 6.20. The fraction of sp³-hybridized carbons (Fsp3) is 0.0714. The summed E-state index contributed by atoms with van der Waals surface area (Å²) in [4.78, 5) is 10.6. The molecule has 2 rings (SSSR count). The maximum Gasteiger partial charge on any atom is 0.150 e. The number of hydrogen-bond donors (Lipinski definition) is 0. The van der Waals surface area contributed by atoms with Gasteiger partial charge in [-0.1, -0.05) is 6.07 Å². The Labute approximate surface area is 117 Å². The van der Waals surface area contributed by atoms with E-state index < -0.39 is 5.82 Å². The molecule has 0 saturated carbocycles. The monoisotopic (exact) mass is 326 g/mol. The lowest BCUT2D eigenvalue weighted by Gasteiger charge is -2.07. The van der Waals surface area contributed by atoms with Crippen molar-refractivity contribution in [1.82, 2.24) is 0 Å². The first kappa shape index (κ1) is 13.7. The van der Waals surface area contributed by atoms with Crippen LogP contribution in [-0.2, 0) is 6.61 Å². The predicted octanol–water partition coefficient (Wildman–Crippen LogP) is 4.12. The lowest BCUT2D eigenvalue weighted by atomic mass is 10.2. The van der Waals surface area contributed by atoms with E-state index in [0.717, 1.165) is 11.6 Å². The second-order valence-corrected chi connectivity index (χ2v) is 4.73. The van der Waals surface area contributed by atoms with Gasteiger partial charge in [0, 0.05) is 11.6 Å². The van der Waals surface area contributed by atoms with Crippen molar-refractivity contribution in [3.8, 4) is 5.75 Å². The van der Waals surface area contributed by atoms with Gasteiger partial charge in [0.1, 0.15) is 30.3 Å². The van der Waals surface area contributed by atoms with Crippen molar-refractivity contribution < 1.29 is 18.3 Å². The second-order valence-electron chi connectivity index (χ2n) is 3.88. The van der Waals surface area contributed by atoms with Crippen LogP contribution in [0.15, 0.2) is 40.9 Å². The molecule has 19 heavy (non-hydrogen) atoms. The molecule has 0 aromatic heterocycles. The molecule has 0 unspecified atom stereocenters. The van der Waals surface area contributed by atoms with Crippen molar-refractivity contribution >= 4 is 22.2 Å². The number of hydrogen-bond acceptors (Lipinski definition) is 2. The van der Waals surface area contributed by atoms with Gasteiger partial charge in [-0.05, 0) is 45.8 Å². The Hall–Kier alpha value is -1.75. The average Bonchev–Trinajstić information content (AvgIpc) is 2.39. The molecule has 0 aliphatic carbocycles. The number of carbonyl (C=O) groups excluding carboxylic acids is 1. The van der Waals surface area contributed by atoms with Crippen LogP contribution in [-0.4, -0.2) is 6.29 Å². The Morgan fingerprint density at radius 2 is 1.95 bits per heavy atom. The van der Waals surface area contributed by atoms with Crippen LogP contribution in [0.25, 0.3) is 0 Å². The van der Waals surface area contributed by atoms with Crippen LogP contribution in [0.4, 0.5) is 8.78 Å². The quantitative estimate of drug-likeness (QED) is 0.790. The van der Waals surface area contributed by atoms with Crippen LogP contribution in [0.5, 0.6) is 5.75 Å². The summed E-state index contributed by atoms with van der Waals surface area (Å²) in [5.74, 6) is -0.653. The largest absolute Gasteiger partial charge is 0.489 e. The Morgan fingerprint density at radius 3 is 2.63 bits per heavy atom. The number of benzene rings is 2. The Bertz CT molecular complexity index is 614. The van der Waals surface area contributed by atoms with Gasteiger partial charge in [-0.3, -0.25) is 4.79 Å². The first-order valence-electron chi connectivity index (χ1n) is 5.41. The van der Waals surface area contributed by atoms with Gasteiger partial charge in [0.2, 0.25) is 0 Å². The lowest BCUT2D eigenvalue weighted by molar-refractivity contribution is 0.112. The van der Waals surface area contributed by atoms with Gasteiger partial charge in [-0.25, -0.2) is 8.78 Å². The summed E-state index contributed by atoms with van der Waals surface area (Å²) in [7, 11) is 0. The summed E-state index contributed by atoms with van der Waals surface area (Å²) >= 11 is 3.07. The van der Waals surface area contributed by atoms with Gasteiger partial charge in [0.25, 0.3) is 0 Å². The van der Waals surface area contributed by atoms with E-state index in [4.69, 9.17) is 4.74 Å². The van der Waals surface area contributed by atoms with Crippen molar-refractivity contribution in [2.75, 3.05) is 0 Å².